The second-order valence-electron chi connectivity index (χ2n) is 8.54. The Morgan fingerprint density at radius 2 is 2.07 bits per heavy atom. The first-order valence-electron chi connectivity index (χ1n) is 9.93. The smallest absolute Gasteiger partial charge is 0.318 e. The molecule has 0 amide bonds. The van der Waals surface area contributed by atoms with E-state index in [9.17, 15) is 9.59 Å². The van der Waals surface area contributed by atoms with E-state index in [2.05, 4.69) is 0 Å². The van der Waals surface area contributed by atoms with Gasteiger partial charge in [0.25, 0.3) is 0 Å². The number of ether oxygens (including phenoxy) is 4. The quantitative estimate of drug-likeness (QED) is 0.546. The molecule has 2 saturated heterocycles. The Morgan fingerprint density at radius 1 is 1.36 bits per heavy atom. The maximum Gasteiger partial charge on any atom is 0.318 e. The summed E-state index contributed by atoms with van der Waals surface area (Å²) in [4.78, 5) is 25.9. The van der Waals surface area contributed by atoms with Gasteiger partial charge in [0.15, 0.2) is 5.60 Å². The number of allylic oxidation sites excluding steroid dienone is 2. The minimum Gasteiger partial charge on any atom is -0.479 e. The molecule has 2 bridgehead atoms. The third-order valence-corrected chi connectivity index (χ3v) is 6.90. The van der Waals surface area contributed by atoms with Crippen LogP contribution in [0.1, 0.15) is 48.0 Å². The molecule has 0 saturated carbocycles. The van der Waals surface area contributed by atoms with Crippen molar-refractivity contribution in [3.05, 3.63) is 35.1 Å². The molecule has 0 aromatic heterocycles. The second-order valence-corrected chi connectivity index (χ2v) is 8.54. The number of fused-ring (bicyclic) bond motifs is 2. The highest BCUT2D eigenvalue weighted by Crippen LogP contribution is 2.62. The van der Waals surface area contributed by atoms with Crippen LogP contribution >= 0.6 is 0 Å². The van der Waals surface area contributed by atoms with Crippen molar-refractivity contribution in [2.24, 2.45) is 11.3 Å². The van der Waals surface area contributed by atoms with Crippen LogP contribution in [0.25, 0.3) is 0 Å². The molecule has 6 nitrogen and oxygen atoms in total. The van der Waals surface area contributed by atoms with Crippen molar-refractivity contribution in [2.45, 2.75) is 71.6 Å². The summed E-state index contributed by atoms with van der Waals surface area (Å²) >= 11 is 0. The van der Waals surface area contributed by atoms with Gasteiger partial charge in [0.05, 0.1) is 6.10 Å². The maximum absolute atomic E-state index is 13.2. The zero-order valence-electron chi connectivity index (χ0n) is 17.3. The van der Waals surface area contributed by atoms with Gasteiger partial charge in [0.1, 0.15) is 17.3 Å². The normalized spacial score (nSPS) is 44.8. The molecule has 4 rings (SSSR count). The van der Waals surface area contributed by atoms with Gasteiger partial charge in [-0.2, -0.15) is 0 Å². The Bertz CT molecular complexity index is 838. The topological polar surface area (TPSA) is 71.1 Å². The predicted molar refractivity (Wildman–Crippen MR) is 101 cm³/mol. The van der Waals surface area contributed by atoms with Crippen molar-refractivity contribution in [1.82, 2.24) is 0 Å². The van der Waals surface area contributed by atoms with Crippen LogP contribution in [0.15, 0.2) is 35.1 Å². The first kappa shape index (κ1) is 19.4. The largest absolute Gasteiger partial charge is 0.479 e. The fourth-order valence-electron chi connectivity index (χ4n) is 5.27. The molecule has 6 unspecified atom stereocenters. The first-order chi connectivity index (χ1) is 13.1. The van der Waals surface area contributed by atoms with Crippen molar-refractivity contribution < 1.29 is 28.5 Å². The molecule has 4 aliphatic rings. The number of carbonyl (C=O) groups excluding carboxylic acids is 2. The van der Waals surface area contributed by atoms with Gasteiger partial charge in [-0.25, -0.2) is 0 Å². The Labute approximate surface area is 165 Å². The van der Waals surface area contributed by atoms with E-state index in [4.69, 9.17) is 18.9 Å². The van der Waals surface area contributed by atoms with Crippen LogP contribution < -0.4 is 0 Å². The van der Waals surface area contributed by atoms with Gasteiger partial charge in [0.2, 0.25) is 11.6 Å². The van der Waals surface area contributed by atoms with Gasteiger partial charge in [0, 0.05) is 25.0 Å². The van der Waals surface area contributed by atoms with E-state index in [-0.39, 0.29) is 17.7 Å². The molecular formula is C22H28O6. The van der Waals surface area contributed by atoms with E-state index < -0.39 is 29.0 Å². The average molecular weight is 388 g/mol. The molecule has 0 radical (unpaired) electrons. The molecule has 4 heterocycles. The van der Waals surface area contributed by atoms with Crippen LogP contribution in [0.5, 0.6) is 0 Å². The van der Waals surface area contributed by atoms with Crippen molar-refractivity contribution in [3.63, 3.8) is 0 Å². The molecule has 4 aliphatic heterocycles. The Hall–Kier alpha value is -1.92. The Balaban J connectivity index is 1.91. The second kappa shape index (κ2) is 6.04. The molecule has 6 heteroatoms. The molecule has 0 aromatic rings. The summed E-state index contributed by atoms with van der Waals surface area (Å²) < 4.78 is 24.6. The highest BCUT2D eigenvalue weighted by atomic mass is 16.7. The highest BCUT2D eigenvalue weighted by Gasteiger charge is 2.75. The van der Waals surface area contributed by atoms with Crippen LogP contribution in [0, 0.1) is 11.3 Å². The number of esters is 1. The van der Waals surface area contributed by atoms with Crippen LogP contribution in [-0.2, 0) is 28.5 Å². The fraction of sp³-hybridized carbons (Fsp3) is 0.636. The van der Waals surface area contributed by atoms with E-state index >= 15 is 0 Å². The molecule has 6 atom stereocenters. The molecular weight excluding hydrogens is 360 g/mol. The minimum atomic E-state index is -1.23. The summed E-state index contributed by atoms with van der Waals surface area (Å²) in [6.45, 7) is 11.6. The number of hydrogen-bond donors (Lipinski definition) is 0. The third-order valence-electron chi connectivity index (χ3n) is 6.90. The Kier molecular flexibility index (Phi) is 4.18. The molecule has 0 aliphatic carbocycles. The van der Waals surface area contributed by atoms with Gasteiger partial charge in [-0.15, -0.1) is 0 Å². The van der Waals surface area contributed by atoms with E-state index in [0.717, 1.165) is 11.1 Å². The van der Waals surface area contributed by atoms with Crippen molar-refractivity contribution >= 4 is 11.8 Å². The number of hydrogen-bond acceptors (Lipinski definition) is 6. The number of ketones is 1. The summed E-state index contributed by atoms with van der Waals surface area (Å²) in [5.74, 6) is -1.39. The lowest BCUT2D eigenvalue weighted by Gasteiger charge is -2.39. The standard InChI is InChI=1S/C22H28O6/c1-7-13(4)22(25-8-2)21(6)18-15(26-19(21)24)9-12(3)14-10-17(23)20(5,27-14)11-16(18)28-22/h7,9-10,15-16,18H,8,11H2,1-6H3. The van der Waals surface area contributed by atoms with E-state index in [0.29, 0.717) is 18.8 Å². The van der Waals surface area contributed by atoms with Gasteiger partial charge in [-0.3, -0.25) is 9.59 Å². The van der Waals surface area contributed by atoms with Crippen LogP contribution in [-0.4, -0.2) is 42.0 Å². The van der Waals surface area contributed by atoms with Gasteiger partial charge in [-0.1, -0.05) is 6.08 Å². The summed E-state index contributed by atoms with van der Waals surface area (Å²) in [5, 5.41) is 0. The lowest BCUT2D eigenvalue weighted by molar-refractivity contribution is -0.244. The SMILES string of the molecule is CC=C(C)C1(OCC)OC2CC3(C)OC(=CC3=O)C(C)=CC3OC(=O)C1(C)C32. The molecule has 152 valence electrons. The monoisotopic (exact) mass is 388 g/mol. The minimum absolute atomic E-state index is 0.0825. The Morgan fingerprint density at radius 3 is 2.71 bits per heavy atom. The summed E-state index contributed by atoms with van der Waals surface area (Å²) in [7, 11) is 0. The summed E-state index contributed by atoms with van der Waals surface area (Å²) in [5.41, 5.74) is -0.440. The lowest BCUT2D eigenvalue weighted by atomic mass is 9.67. The van der Waals surface area contributed by atoms with E-state index in [1.807, 2.05) is 46.8 Å². The average Bonchev–Trinajstić information content (AvgIpc) is 3.17. The van der Waals surface area contributed by atoms with Crippen LogP contribution in [0.3, 0.4) is 0 Å². The van der Waals surface area contributed by atoms with Crippen LogP contribution in [0.4, 0.5) is 0 Å². The zero-order valence-corrected chi connectivity index (χ0v) is 17.3. The van der Waals surface area contributed by atoms with Crippen molar-refractivity contribution in [1.29, 1.82) is 0 Å². The molecule has 28 heavy (non-hydrogen) atoms. The van der Waals surface area contributed by atoms with Gasteiger partial charge in [-0.05, 0) is 58.8 Å². The molecule has 0 spiro atoms. The first-order valence-corrected chi connectivity index (χ1v) is 9.93. The number of rotatable bonds is 3. The highest BCUT2D eigenvalue weighted by molar-refractivity contribution is 6.00. The van der Waals surface area contributed by atoms with Crippen molar-refractivity contribution in [3.8, 4) is 0 Å². The third kappa shape index (κ3) is 2.22. The fourth-order valence-corrected chi connectivity index (χ4v) is 5.27. The summed E-state index contributed by atoms with van der Waals surface area (Å²) in [6, 6.07) is 0. The van der Waals surface area contributed by atoms with Crippen LogP contribution in [0.2, 0.25) is 0 Å². The molecule has 0 N–H and O–H groups in total. The zero-order chi connectivity index (χ0) is 20.5. The van der Waals surface area contributed by atoms with Crippen molar-refractivity contribution in [2.75, 3.05) is 6.61 Å². The van der Waals surface area contributed by atoms with Gasteiger partial charge < -0.3 is 18.9 Å². The van der Waals surface area contributed by atoms with E-state index in [1.165, 1.54) is 6.08 Å². The van der Waals surface area contributed by atoms with E-state index in [1.54, 1.807) is 6.92 Å². The predicted octanol–water partition coefficient (Wildman–Crippen LogP) is 3.22. The summed E-state index contributed by atoms with van der Waals surface area (Å²) in [6.07, 6.45) is 4.75. The molecule has 0 aromatic carbocycles. The molecule has 2 fully saturated rings. The lowest BCUT2D eigenvalue weighted by Crippen LogP contribution is -2.52. The van der Waals surface area contributed by atoms with Gasteiger partial charge >= 0.3 is 5.97 Å². The number of carbonyl (C=O) groups is 2. The maximum atomic E-state index is 13.2.